The van der Waals surface area contributed by atoms with E-state index >= 15 is 0 Å². The van der Waals surface area contributed by atoms with Gasteiger partial charge in [-0.25, -0.2) is 0 Å². The van der Waals surface area contributed by atoms with E-state index in [1.165, 1.54) is 5.01 Å². The first-order valence-electron chi connectivity index (χ1n) is 7.40. The maximum Gasteiger partial charge on any atom is 0.280 e. The van der Waals surface area contributed by atoms with Crippen molar-refractivity contribution in [2.75, 3.05) is 5.01 Å². The Morgan fingerprint density at radius 1 is 1.14 bits per heavy atom. The van der Waals surface area contributed by atoms with E-state index in [4.69, 9.17) is 0 Å². The smallest absolute Gasteiger partial charge is 0.280 e. The maximum absolute atomic E-state index is 12.6. The van der Waals surface area contributed by atoms with Crippen LogP contribution < -0.4 is 5.01 Å². The molecule has 0 saturated carbocycles. The molecule has 0 unspecified atom stereocenters. The molecule has 1 aromatic heterocycles. The molecule has 1 aliphatic heterocycles. The Bertz CT molecular complexity index is 754. The van der Waals surface area contributed by atoms with Crippen LogP contribution in [0.5, 0.6) is 0 Å². The van der Waals surface area contributed by atoms with Crippen LogP contribution in [0.4, 0.5) is 5.69 Å². The Hall–Kier alpha value is -2.62. The molecule has 1 aliphatic rings. The number of carbonyl (C=O) groups is 1. The van der Waals surface area contributed by atoms with Crippen LogP contribution in [0.1, 0.15) is 32.4 Å². The number of hydrazone groups is 1. The van der Waals surface area contributed by atoms with Crippen LogP contribution in [0.3, 0.4) is 0 Å². The average molecular weight is 293 g/mol. The first-order valence-corrected chi connectivity index (χ1v) is 7.40. The number of para-hydroxylation sites is 1. The van der Waals surface area contributed by atoms with Gasteiger partial charge < -0.3 is 4.57 Å². The predicted octanol–water partition coefficient (Wildman–Crippen LogP) is 3.88. The van der Waals surface area contributed by atoms with Gasteiger partial charge in [0.25, 0.3) is 5.91 Å². The quantitative estimate of drug-likeness (QED) is 0.791. The molecule has 0 bridgehead atoms. The van der Waals surface area contributed by atoms with Gasteiger partial charge in [-0.05, 0) is 50.6 Å². The summed E-state index contributed by atoms with van der Waals surface area (Å²) in [5.41, 5.74) is 3.19. The lowest BCUT2D eigenvalue weighted by Gasteiger charge is -2.10. The zero-order chi connectivity index (χ0) is 15.7. The molecule has 0 aliphatic carbocycles. The van der Waals surface area contributed by atoms with Gasteiger partial charge in [0.15, 0.2) is 0 Å². The Kier molecular flexibility index (Phi) is 3.67. The Labute approximate surface area is 130 Å². The number of aromatic nitrogens is 1. The highest BCUT2D eigenvalue weighted by molar-refractivity contribution is 6.32. The number of amides is 1. The van der Waals surface area contributed by atoms with Gasteiger partial charge in [-0.1, -0.05) is 18.2 Å². The molecule has 0 N–H and O–H groups in total. The fourth-order valence-electron chi connectivity index (χ4n) is 2.43. The van der Waals surface area contributed by atoms with E-state index in [0.29, 0.717) is 11.6 Å². The molecule has 22 heavy (non-hydrogen) atoms. The van der Waals surface area contributed by atoms with Crippen LogP contribution in [0.15, 0.2) is 59.5 Å². The highest BCUT2D eigenvalue weighted by Crippen LogP contribution is 2.24. The summed E-state index contributed by atoms with van der Waals surface area (Å²) in [5, 5.41) is 5.84. The zero-order valence-corrected chi connectivity index (χ0v) is 13.0. The summed E-state index contributed by atoms with van der Waals surface area (Å²) in [6.45, 7) is 6.12. The number of hydrogen-bond acceptors (Lipinski definition) is 2. The minimum Gasteiger partial charge on any atom is -0.351 e. The summed E-state index contributed by atoms with van der Waals surface area (Å²) in [7, 11) is 0. The van der Waals surface area contributed by atoms with E-state index in [1.54, 1.807) is 0 Å². The molecule has 0 radical (unpaired) electrons. The van der Waals surface area contributed by atoms with Gasteiger partial charge in [0, 0.05) is 18.4 Å². The van der Waals surface area contributed by atoms with Crippen molar-refractivity contribution >= 4 is 23.4 Å². The lowest BCUT2D eigenvalue weighted by Crippen LogP contribution is -2.21. The molecule has 1 aromatic carbocycles. The van der Waals surface area contributed by atoms with Gasteiger partial charge in [0.2, 0.25) is 0 Å². The number of hydrogen-bond donors (Lipinski definition) is 0. The van der Waals surface area contributed by atoms with Crippen LogP contribution in [0.2, 0.25) is 0 Å². The monoisotopic (exact) mass is 293 g/mol. The minimum absolute atomic E-state index is 0.0824. The summed E-state index contributed by atoms with van der Waals surface area (Å²) in [6, 6.07) is 11.9. The number of anilines is 1. The fourth-order valence-corrected chi connectivity index (χ4v) is 2.43. The molecule has 3 rings (SSSR count). The molecule has 4 heteroatoms. The van der Waals surface area contributed by atoms with Crippen molar-refractivity contribution in [1.29, 1.82) is 0 Å². The molecule has 2 heterocycles. The van der Waals surface area contributed by atoms with Crippen molar-refractivity contribution in [2.45, 2.75) is 26.8 Å². The number of nitrogens with zero attached hydrogens (tertiary/aromatic N) is 3. The lowest BCUT2D eigenvalue weighted by atomic mass is 10.1. The molecule has 2 aromatic rings. The van der Waals surface area contributed by atoms with E-state index < -0.39 is 0 Å². The molecule has 0 atom stereocenters. The number of benzene rings is 1. The lowest BCUT2D eigenvalue weighted by molar-refractivity contribution is -0.114. The van der Waals surface area contributed by atoms with Crippen molar-refractivity contribution in [3.05, 3.63) is 59.9 Å². The van der Waals surface area contributed by atoms with Crippen LogP contribution in [-0.4, -0.2) is 16.2 Å². The Morgan fingerprint density at radius 2 is 1.86 bits per heavy atom. The minimum atomic E-state index is -0.0824. The highest BCUT2D eigenvalue weighted by atomic mass is 16.2. The largest absolute Gasteiger partial charge is 0.351 e. The fraction of sp³-hybridized carbons (Fsp3) is 0.222. The van der Waals surface area contributed by atoms with Crippen molar-refractivity contribution in [3.63, 3.8) is 0 Å². The molecular formula is C18H19N3O. The second kappa shape index (κ2) is 5.64. The summed E-state index contributed by atoms with van der Waals surface area (Å²) >= 11 is 0. The van der Waals surface area contributed by atoms with E-state index in [-0.39, 0.29) is 5.91 Å². The maximum atomic E-state index is 12.6. The first-order chi connectivity index (χ1) is 10.6. The van der Waals surface area contributed by atoms with Crippen molar-refractivity contribution in [1.82, 2.24) is 4.57 Å². The van der Waals surface area contributed by atoms with E-state index in [0.717, 1.165) is 17.0 Å². The third-order valence-corrected chi connectivity index (χ3v) is 3.71. The SMILES string of the molecule is CC1=NN(c2ccccc2)C(=O)/C1=C\c1ccn(C(C)C)c1. The zero-order valence-electron chi connectivity index (χ0n) is 13.0. The molecule has 0 fully saturated rings. The molecule has 4 nitrogen and oxygen atoms in total. The van der Waals surface area contributed by atoms with Crippen LogP contribution in [0, 0.1) is 0 Å². The average Bonchev–Trinajstić information content (AvgIpc) is 3.09. The molecular weight excluding hydrogens is 274 g/mol. The predicted molar refractivity (Wildman–Crippen MR) is 89.8 cm³/mol. The van der Waals surface area contributed by atoms with Gasteiger partial charge in [0.1, 0.15) is 0 Å². The standard InChI is InChI=1S/C18H19N3O/c1-13(2)20-10-9-15(12-20)11-17-14(3)19-21(18(17)22)16-7-5-4-6-8-16/h4-13H,1-3H3/b17-11-. The van der Waals surface area contributed by atoms with Crippen LogP contribution in [0.25, 0.3) is 6.08 Å². The van der Waals surface area contributed by atoms with E-state index in [9.17, 15) is 4.79 Å². The second-order valence-electron chi connectivity index (χ2n) is 5.68. The third-order valence-electron chi connectivity index (χ3n) is 3.71. The van der Waals surface area contributed by atoms with Crippen LogP contribution in [-0.2, 0) is 4.79 Å². The van der Waals surface area contributed by atoms with Gasteiger partial charge in [-0.3, -0.25) is 4.79 Å². The summed E-state index contributed by atoms with van der Waals surface area (Å²) < 4.78 is 2.12. The first kappa shape index (κ1) is 14.3. The normalized spacial score (nSPS) is 16.7. The van der Waals surface area contributed by atoms with Gasteiger partial charge in [0.05, 0.1) is 17.0 Å². The topological polar surface area (TPSA) is 37.6 Å². The van der Waals surface area contributed by atoms with Crippen molar-refractivity contribution in [3.8, 4) is 0 Å². The number of carbonyl (C=O) groups excluding carboxylic acids is 1. The van der Waals surface area contributed by atoms with Crippen molar-refractivity contribution < 1.29 is 4.79 Å². The molecule has 0 saturated heterocycles. The summed E-state index contributed by atoms with van der Waals surface area (Å²) in [6.07, 6.45) is 5.98. The summed E-state index contributed by atoms with van der Waals surface area (Å²) in [5.74, 6) is -0.0824. The second-order valence-corrected chi connectivity index (χ2v) is 5.68. The van der Waals surface area contributed by atoms with E-state index in [2.05, 4.69) is 23.5 Å². The Morgan fingerprint density at radius 3 is 2.50 bits per heavy atom. The van der Waals surface area contributed by atoms with Gasteiger partial charge >= 0.3 is 0 Å². The third kappa shape index (κ3) is 2.60. The molecule has 112 valence electrons. The van der Waals surface area contributed by atoms with E-state index in [1.807, 2.05) is 61.8 Å². The number of rotatable bonds is 3. The molecule has 1 amide bonds. The summed E-state index contributed by atoms with van der Waals surface area (Å²) in [4.78, 5) is 12.6. The van der Waals surface area contributed by atoms with Gasteiger partial charge in [-0.15, -0.1) is 0 Å². The van der Waals surface area contributed by atoms with Crippen LogP contribution >= 0.6 is 0 Å². The van der Waals surface area contributed by atoms with Gasteiger partial charge in [-0.2, -0.15) is 10.1 Å². The van der Waals surface area contributed by atoms with Crippen molar-refractivity contribution in [2.24, 2.45) is 5.10 Å². The molecule has 0 spiro atoms. The highest BCUT2D eigenvalue weighted by Gasteiger charge is 2.28. The Balaban J connectivity index is 1.91.